The van der Waals surface area contributed by atoms with Crippen molar-refractivity contribution in [3.8, 4) is 5.75 Å². The summed E-state index contributed by atoms with van der Waals surface area (Å²) in [5.74, 6) is 0.756. The van der Waals surface area contributed by atoms with Crippen LogP contribution < -0.4 is 15.4 Å². The lowest BCUT2D eigenvalue weighted by Crippen LogP contribution is -2.28. The Morgan fingerprint density at radius 1 is 1.21 bits per heavy atom. The molecule has 0 aliphatic heterocycles. The first-order valence-electron chi connectivity index (χ1n) is 10.2. The van der Waals surface area contributed by atoms with E-state index in [0.717, 1.165) is 0 Å². The molecule has 11 heteroatoms. The Morgan fingerprint density at radius 2 is 1.94 bits per heavy atom. The molecule has 2 aromatic carbocycles. The molecule has 0 saturated carbocycles. The van der Waals surface area contributed by atoms with E-state index >= 15 is 0 Å². The predicted molar refractivity (Wildman–Crippen MR) is 135 cm³/mol. The quantitative estimate of drug-likeness (QED) is 0.288. The zero-order chi connectivity index (χ0) is 24.7. The van der Waals surface area contributed by atoms with Crippen molar-refractivity contribution in [1.29, 1.82) is 0 Å². The first-order valence-corrected chi connectivity index (χ1v) is 11.9. The van der Waals surface area contributed by atoms with E-state index in [1.165, 1.54) is 11.8 Å². The maximum absolute atomic E-state index is 12.6. The Morgan fingerprint density at radius 3 is 2.62 bits per heavy atom. The maximum Gasteiger partial charge on any atom is 0.251 e. The Balaban J connectivity index is 1.66. The number of hydrogen-bond donors (Lipinski definition) is 2. The number of carbonyl (C=O) groups excluding carboxylic acids is 2. The number of thioether (sulfide) groups is 1. The number of hydrogen-bond acceptors (Lipinski definition) is 6. The lowest BCUT2D eigenvalue weighted by Gasteiger charge is -2.15. The smallest absolute Gasteiger partial charge is 0.251 e. The van der Waals surface area contributed by atoms with Crippen LogP contribution in [0.3, 0.4) is 0 Å². The lowest BCUT2D eigenvalue weighted by atomic mass is 10.2. The Bertz CT molecular complexity index is 1180. The van der Waals surface area contributed by atoms with Crippen molar-refractivity contribution in [2.45, 2.75) is 24.7 Å². The normalized spacial score (nSPS) is 11.5. The van der Waals surface area contributed by atoms with E-state index in [0.29, 0.717) is 39.5 Å². The molecule has 2 N–H and O–H groups in total. The van der Waals surface area contributed by atoms with Crippen molar-refractivity contribution in [2.75, 3.05) is 18.2 Å². The van der Waals surface area contributed by atoms with Gasteiger partial charge in [0.25, 0.3) is 5.91 Å². The molecule has 3 rings (SSSR count). The van der Waals surface area contributed by atoms with Gasteiger partial charge >= 0.3 is 0 Å². The molecule has 2 amide bonds. The van der Waals surface area contributed by atoms with E-state index < -0.39 is 6.04 Å². The van der Waals surface area contributed by atoms with E-state index in [1.807, 2.05) is 6.92 Å². The molecule has 34 heavy (non-hydrogen) atoms. The summed E-state index contributed by atoms with van der Waals surface area (Å²) in [6, 6.07) is 11.4. The van der Waals surface area contributed by atoms with Gasteiger partial charge in [0.15, 0.2) is 11.0 Å². The minimum atomic E-state index is -0.435. The van der Waals surface area contributed by atoms with Gasteiger partial charge in [-0.3, -0.25) is 9.59 Å². The highest BCUT2D eigenvalue weighted by Gasteiger charge is 2.21. The van der Waals surface area contributed by atoms with Gasteiger partial charge in [0, 0.05) is 12.1 Å². The van der Waals surface area contributed by atoms with Gasteiger partial charge < -0.3 is 19.9 Å². The summed E-state index contributed by atoms with van der Waals surface area (Å²) in [5.41, 5.74) is 0.927. The third kappa shape index (κ3) is 6.31. The maximum atomic E-state index is 12.6. The number of rotatable bonds is 10. The number of carbonyl (C=O) groups is 2. The van der Waals surface area contributed by atoms with Crippen LogP contribution >= 0.6 is 35.0 Å². The van der Waals surface area contributed by atoms with Crippen molar-refractivity contribution in [2.24, 2.45) is 0 Å². The summed E-state index contributed by atoms with van der Waals surface area (Å²) in [4.78, 5) is 25.1. The van der Waals surface area contributed by atoms with E-state index in [2.05, 4.69) is 27.4 Å². The van der Waals surface area contributed by atoms with Crippen molar-refractivity contribution < 1.29 is 14.3 Å². The molecule has 8 nitrogen and oxygen atoms in total. The fourth-order valence-corrected chi connectivity index (χ4v) is 4.13. The Kier molecular flexibility index (Phi) is 8.98. The SMILES string of the molecule is C=CCn1c(SCC(=O)Nc2cccc(Cl)c2Cl)nnc1C(C)NC(=O)c1ccc(OC)cc1. The predicted octanol–water partition coefficient (Wildman–Crippen LogP) is 5.00. The molecule has 1 unspecified atom stereocenters. The third-order valence-corrected chi connectivity index (χ3v) is 6.49. The molecule has 0 radical (unpaired) electrons. The standard InChI is InChI=1S/C23H23Cl2N5O3S/c1-4-12-30-21(14(2)26-22(32)15-8-10-16(33-3)11-9-15)28-29-23(30)34-13-19(31)27-18-7-5-6-17(24)20(18)25/h4-11,14H,1,12-13H2,2-3H3,(H,26,32)(H,27,31). The summed E-state index contributed by atoms with van der Waals surface area (Å²) in [7, 11) is 1.56. The molecule has 1 atom stereocenters. The fourth-order valence-electron chi connectivity index (χ4n) is 3.03. The second kappa shape index (κ2) is 11.9. The highest BCUT2D eigenvalue weighted by atomic mass is 35.5. The van der Waals surface area contributed by atoms with E-state index in [-0.39, 0.29) is 22.6 Å². The van der Waals surface area contributed by atoms with Gasteiger partial charge in [-0.2, -0.15) is 0 Å². The van der Waals surface area contributed by atoms with Crippen LogP contribution in [-0.4, -0.2) is 39.4 Å². The van der Waals surface area contributed by atoms with Crippen LogP contribution in [0, 0.1) is 0 Å². The number of benzene rings is 2. The fraction of sp³-hybridized carbons (Fsp3) is 0.217. The minimum Gasteiger partial charge on any atom is -0.497 e. The number of allylic oxidation sites excluding steroid dienone is 1. The molecular formula is C23H23Cl2N5O3S. The molecular weight excluding hydrogens is 497 g/mol. The molecule has 0 aliphatic carbocycles. The monoisotopic (exact) mass is 519 g/mol. The number of ether oxygens (including phenoxy) is 1. The zero-order valence-corrected chi connectivity index (χ0v) is 20.9. The number of methoxy groups -OCH3 is 1. The molecule has 1 aromatic heterocycles. The lowest BCUT2D eigenvalue weighted by molar-refractivity contribution is -0.113. The molecule has 0 aliphatic rings. The number of aromatic nitrogens is 3. The van der Waals surface area contributed by atoms with E-state index in [1.54, 1.807) is 60.2 Å². The van der Waals surface area contributed by atoms with E-state index in [4.69, 9.17) is 27.9 Å². The molecule has 0 fully saturated rings. The van der Waals surface area contributed by atoms with Crippen LogP contribution in [0.2, 0.25) is 10.0 Å². The number of nitrogens with zero attached hydrogens (tertiary/aromatic N) is 3. The average Bonchev–Trinajstić information content (AvgIpc) is 3.23. The van der Waals surface area contributed by atoms with Crippen molar-refractivity contribution >= 4 is 52.5 Å². The number of halogens is 2. The number of amides is 2. The average molecular weight is 520 g/mol. The van der Waals surface area contributed by atoms with Gasteiger partial charge in [0.2, 0.25) is 5.91 Å². The molecule has 0 spiro atoms. The number of anilines is 1. The summed E-state index contributed by atoms with van der Waals surface area (Å²) < 4.78 is 6.92. The first-order chi connectivity index (χ1) is 16.3. The van der Waals surface area contributed by atoms with Gasteiger partial charge in [-0.1, -0.05) is 47.1 Å². The molecule has 0 bridgehead atoms. The van der Waals surface area contributed by atoms with Crippen molar-refractivity contribution in [3.63, 3.8) is 0 Å². The first kappa shape index (κ1) is 25.6. The topological polar surface area (TPSA) is 98.1 Å². The van der Waals surface area contributed by atoms with Crippen LogP contribution in [0.25, 0.3) is 0 Å². The zero-order valence-electron chi connectivity index (χ0n) is 18.5. The van der Waals surface area contributed by atoms with Crippen LogP contribution in [0.1, 0.15) is 29.1 Å². The van der Waals surface area contributed by atoms with Crippen LogP contribution in [-0.2, 0) is 11.3 Å². The molecule has 178 valence electrons. The van der Waals surface area contributed by atoms with Crippen LogP contribution in [0.15, 0.2) is 60.3 Å². The Hall–Kier alpha value is -3.01. The van der Waals surface area contributed by atoms with Crippen molar-refractivity contribution in [1.82, 2.24) is 20.1 Å². The summed E-state index contributed by atoms with van der Waals surface area (Å²) >= 11 is 13.3. The minimum absolute atomic E-state index is 0.0741. The highest BCUT2D eigenvalue weighted by Crippen LogP contribution is 2.30. The van der Waals surface area contributed by atoms with Gasteiger partial charge in [-0.05, 0) is 43.3 Å². The molecule has 1 heterocycles. The Labute approximate surface area is 211 Å². The van der Waals surface area contributed by atoms with Gasteiger partial charge in [-0.25, -0.2) is 0 Å². The van der Waals surface area contributed by atoms with Gasteiger partial charge in [0.1, 0.15) is 5.75 Å². The van der Waals surface area contributed by atoms with E-state index in [9.17, 15) is 9.59 Å². The highest BCUT2D eigenvalue weighted by molar-refractivity contribution is 7.99. The third-order valence-electron chi connectivity index (χ3n) is 4.70. The van der Waals surface area contributed by atoms with Gasteiger partial charge in [0.05, 0.1) is 34.6 Å². The van der Waals surface area contributed by atoms with Crippen molar-refractivity contribution in [3.05, 3.63) is 76.6 Å². The second-order valence-corrected chi connectivity index (χ2v) is 8.83. The second-order valence-electron chi connectivity index (χ2n) is 7.10. The van der Waals surface area contributed by atoms with Gasteiger partial charge in [-0.15, -0.1) is 16.8 Å². The molecule has 3 aromatic rings. The molecule has 0 saturated heterocycles. The largest absolute Gasteiger partial charge is 0.497 e. The van der Waals surface area contributed by atoms with Crippen LogP contribution in [0.4, 0.5) is 5.69 Å². The number of nitrogens with one attached hydrogen (secondary N) is 2. The summed E-state index contributed by atoms with van der Waals surface area (Å²) in [5, 5.41) is 15.2. The summed E-state index contributed by atoms with van der Waals surface area (Å²) in [6.45, 7) is 6.00. The van der Waals surface area contributed by atoms with Crippen LogP contribution in [0.5, 0.6) is 5.75 Å². The summed E-state index contributed by atoms with van der Waals surface area (Å²) in [6.07, 6.45) is 1.70.